The van der Waals surface area contributed by atoms with Crippen molar-refractivity contribution >= 4 is 11.3 Å². The number of aliphatic hydroxyl groups excluding tert-OH is 1. The highest BCUT2D eigenvalue weighted by molar-refractivity contribution is 7.10. The molecular formula is C11H11N3O2S. The van der Waals surface area contributed by atoms with Gasteiger partial charge in [0.2, 0.25) is 0 Å². The Balaban J connectivity index is 2.18. The van der Waals surface area contributed by atoms with E-state index >= 15 is 0 Å². The molecule has 0 unspecified atom stereocenters. The zero-order chi connectivity index (χ0) is 12.1. The van der Waals surface area contributed by atoms with Crippen LogP contribution in [0.25, 0.3) is 0 Å². The van der Waals surface area contributed by atoms with Crippen LogP contribution in [-0.2, 0) is 6.54 Å². The second-order valence-corrected chi connectivity index (χ2v) is 4.32. The average molecular weight is 249 g/mol. The molecule has 2 aromatic heterocycles. The number of hydrogen-bond donors (Lipinski definition) is 2. The number of thiophene rings is 1. The highest BCUT2D eigenvalue weighted by Crippen LogP contribution is 2.16. The van der Waals surface area contributed by atoms with E-state index in [9.17, 15) is 4.79 Å². The summed E-state index contributed by atoms with van der Waals surface area (Å²) in [7, 11) is 0. The standard InChI is InChI=1S/C11H11N3O2S/c15-5-2-1-3-9-4-6-17-10(9)7-14-8-12-13-11(14)16/h4,6,8,15H,2,5,7H2,(H,13,16). The lowest BCUT2D eigenvalue weighted by atomic mass is 10.2. The van der Waals surface area contributed by atoms with Crippen molar-refractivity contribution in [3.63, 3.8) is 0 Å². The number of H-pyrrole nitrogens is 1. The van der Waals surface area contributed by atoms with E-state index in [1.54, 1.807) is 11.3 Å². The smallest absolute Gasteiger partial charge is 0.343 e. The summed E-state index contributed by atoms with van der Waals surface area (Å²) in [4.78, 5) is 12.3. The van der Waals surface area contributed by atoms with Crippen molar-refractivity contribution in [2.24, 2.45) is 0 Å². The molecule has 88 valence electrons. The molecule has 0 aliphatic rings. The van der Waals surface area contributed by atoms with Crippen LogP contribution in [-0.4, -0.2) is 26.5 Å². The van der Waals surface area contributed by atoms with E-state index in [4.69, 9.17) is 5.11 Å². The fourth-order valence-corrected chi connectivity index (χ4v) is 2.15. The van der Waals surface area contributed by atoms with Gasteiger partial charge in [-0.2, -0.15) is 5.10 Å². The molecule has 0 amide bonds. The van der Waals surface area contributed by atoms with Gasteiger partial charge in [-0.25, -0.2) is 9.89 Å². The number of aliphatic hydroxyl groups is 1. The summed E-state index contributed by atoms with van der Waals surface area (Å²) < 4.78 is 1.49. The third kappa shape index (κ3) is 2.84. The Morgan fingerprint density at radius 2 is 2.47 bits per heavy atom. The van der Waals surface area contributed by atoms with Crippen LogP contribution >= 0.6 is 11.3 Å². The Kier molecular flexibility index (Phi) is 3.75. The van der Waals surface area contributed by atoms with Crippen LogP contribution in [0.2, 0.25) is 0 Å². The molecule has 5 nitrogen and oxygen atoms in total. The van der Waals surface area contributed by atoms with Crippen molar-refractivity contribution < 1.29 is 5.11 Å². The second kappa shape index (κ2) is 5.48. The van der Waals surface area contributed by atoms with E-state index in [0.717, 1.165) is 10.4 Å². The zero-order valence-corrected chi connectivity index (χ0v) is 9.83. The van der Waals surface area contributed by atoms with Crippen molar-refractivity contribution in [1.82, 2.24) is 14.8 Å². The molecule has 0 spiro atoms. The number of aromatic nitrogens is 3. The summed E-state index contributed by atoms with van der Waals surface area (Å²) in [5, 5.41) is 16.6. The maximum absolute atomic E-state index is 11.3. The lowest BCUT2D eigenvalue weighted by molar-refractivity contribution is 0.305. The summed E-state index contributed by atoms with van der Waals surface area (Å²) in [5.41, 5.74) is 0.671. The van der Waals surface area contributed by atoms with E-state index < -0.39 is 0 Å². The molecule has 0 atom stereocenters. The number of nitrogens with zero attached hydrogens (tertiary/aromatic N) is 2. The van der Waals surface area contributed by atoms with Crippen LogP contribution < -0.4 is 5.69 Å². The third-order valence-electron chi connectivity index (χ3n) is 2.14. The quantitative estimate of drug-likeness (QED) is 0.774. The largest absolute Gasteiger partial charge is 0.395 e. The van der Waals surface area contributed by atoms with Crippen molar-refractivity contribution in [1.29, 1.82) is 0 Å². The Labute approximate surface area is 102 Å². The zero-order valence-electron chi connectivity index (χ0n) is 9.01. The number of rotatable bonds is 3. The molecule has 0 radical (unpaired) electrons. The van der Waals surface area contributed by atoms with Gasteiger partial charge in [-0.05, 0) is 11.4 Å². The normalized spacial score (nSPS) is 9.94. The first-order valence-electron chi connectivity index (χ1n) is 5.07. The Morgan fingerprint density at radius 1 is 1.59 bits per heavy atom. The molecule has 6 heteroatoms. The summed E-state index contributed by atoms with van der Waals surface area (Å²) in [5.74, 6) is 5.85. The highest BCUT2D eigenvalue weighted by atomic mass is 32.1. The maximum atomic E-state index is 11.3. The third-order valence-corrected chi connectivity index (χ3v) is 3.04. The van der Waals surface area contributed by atoms with Gasteiger partial charge in [0.15, 0.2) is 0 Å². The molecule has 0 aliphatic heterocycles. The van der Waals surface area contributed by atoms with Gasteiger partial charge in [0, 0.05) is 16.9 Å². The molecule has 2 aromatic rings. The molecule has 0 saturated carbocycles. The molecule has 2 heterocycles. The van der Waals surface area contributed by atoms with Crippen LogP contribution in [0.15, 0.2) is 22.6 Å². The van der Waals surface area contributed by atoms with Crippen LogP contribution in [0.5, 0.6) is 0 Å². The minimum absolute atomic E-state index is 0.0632. The summed E-state index contributed by atoms with van der Waals surface area (Å²) in [6, 6.07) is 1.91. The van der Waals surface area contributed by atoms with Crippen LogP contribution in [0.4, 0.5) is 0 Å². The summed E-state index contributed by atoms with van der Waals surface area (Å²) >= 11 is 1.55. The molecule has 0 bridgehead atoms. The number of aromatic amines is 1. The first-order valence-corrected chi connectivity index (χ1v) is 5.95. The van der Waals surface area contributed by atoms with Crippen molar-refractivity contribution in [3.05, 3.63) is 38.7 Å². The SMILES string of the molecule is O=c1[nH]ncn1Cc1sccc1C#CCCO. The van der Waals surface area contributed by atoms with E-state index in [-0.39, 0.29) is 12.3 Å². The fourth-order valence-electron chi connectivity index (χ4n) is 1.33. The minimum Gasteiger partial charge on any atom is -0.395 e. The first kappa shape index (κ1) is 11.6. The van der Waals surface area contributed by atoms with Gasteiger partial charge in [-0.3, -0.25) is 4.57 Å². The lowest BCUT2D eigenvalue weighted by Crippen LogP contribution is -2.16. The van der Waals surface area contributed by atoms with Gasteiger partial charge in [-0.1, -0.05) is 11.8 Å². The topological polar surface area (TPSA) is 70.9 Å². The number of nitrogens with one attached hydrogen (secondary N) is 1. The maximum Gasteiger partial charge on any atom is 0.343 e. The molecule has 0 aromatic carbocycles. The van der Waals surface area contributed by atoms with Crippen molar-refractivity contribution in [3.8, 4) is 11.8 Å². The van der Waals surface area contributed by atoms with Crippen LogP contribution in [0.3, 0.4) is 0 Å². The molecule has 0 saturated heterocycles. The predicted octanol–water partition coefficient (Wildman–Crippen LogP) is 0.415. The molecule has 2 rings (SSSR count). The fraction of sp³-hybridized carbons (Fsp3) is 0.273. The van der Waals surface area contributed by atoms with Gasteiger partial charge in [0.25, 0.3) is 0 Å². The monoisotopic (exact) mass is 249 g/mol. The summed E-state index contributed by atoms with van der Waals surface area (Å²) in [6.45, 7) is 0.532. The Hall–Kier alpha value is -1.84. The molecule has 17 heavy (non-hydrogen) atoms. The van der Waals surface area contributed by atoms with E-state index in [2.05, 4.69) is 22.0 Å². The van der Waals surface area contributed by atoms with E-state index in [1.165, 1.54) is 10.9 Å². The van der Waals surface area contributed by atoms with Crippen LogP contribution in [0, 0.1) is 11.8 Å². The van der Waals surface area contributed by atoms with Gasteiger partial charge in [0.1, 0.15) is 6.33 Å². The predicted molar refractivity (Wildman–Crippen MR) is 64.8 cm³/mol. The average Bonchev–Trinajstić information content (AvgIpc) is 2.91. The summed E-state index contributed by atoms with van der Waals surface area (Å²) in [6.07, 6.45) is 1.92. The van der Waals surface area contributed by atoms with Gasteiger partial charge < -0.3 is 5.11 Å². The Morgan fingerprint density at radius 3 is 3.18 bits per heavy atom. The van der Waals surface area contributed by atoms with Gasteiger partial charge >= 0.3 is 5.69 Å². The molecule has 0 aliphatic carbocycles. The van der Waals surface area contributed by atoms with Crippen molar-refractivity contribution in [2.75, 3.05) is 6.61 Å². The number of hydrogen-bond acceptors (Lipinski definition) is 4. The highest BCUT2D eigenvalue weighted by Gasteiger charge is 2.04. The van der Waals surface area contributed by atoms with E-state index in [0.29, 0.717) is 13.0 Å². The molecule has 0 fully saturated rings. The Bertz CT molecular complexity index is 600. The van der Waals surface area contributed by atoms with Crippen molar-refractivity contribution in [2.45, 2.75) is 13.0 Å². The minimum atomic E-state index is -0.229. The van der Waals surface area contributed by atoms with Crippen LogP contribution in [0.1, 0.15) is 16.9 Å². The first-order chi connectivity index (χ1) is 8.31. The lowest BCUT2D eigenvalue weighted by Gasteiger charge is -1.97. The molecular weight excluding hydrogens is 238 g/mol. The molecule has 2 N–H and O–H groups in total. The van der Waals surface area contributed by atoms with Gasteiger partial charge in [-0.15, -0.1) is 11.3 Å². The van der Waals surface area contributed by atoms with E-state index in [1.807, 2.05) is 11.4 Å². The second-order valence-electron chi connectivity index (χ2n) is 3.32. The van der Waals surface area contributed by atoms with Gasteiger partial charge in [0.05, 0.1) is 13.2 Å².